The molecule has 0 unspecified atom stereocenters. The zero-order chi connectivity index (χ0) is 21.3. The van der Waals surface area contributed by atoms with Crippen LogP contribution in [0.5, 0.6) is 0 Å². The fourth-order valence-electron chi connectivity index (χ4n) is 3.26. The molecule has 2 N–H and O–H groups in total. The molecule has 0 radical (unpaired) electrons. The summed E-state index contributed by atoms with van der Waals surface area (Å²) >= 11 is 0. The van der Waals surface area contributed by atoms with Crippen molar-refractivity contribution in [3.63, 3.8) is 0 Å². The molecule has 0 saturated carbocycles. The Morgan fingerprint density at radius 3 is 1.71 bits per heavy atom. The Balaban J connectivity index is 2.39. The molecule has 0 aliphatic rings. The molecule has 0 aliphatic heterocycles. The van der Waals surface area contributed by atoms with Gasteiger partial charge >= 0.3 is 0 Å². The first-order chi connectivity index (χ1) is 12.9. The molecule has 0 spiro atoms. The highest BCUT2D eigenvalue weighted by Gasteiger charge is 2.24. The van der Waals surface area contributed by atoms with E-state index in [9.17, 15) is 16.8 Å². The lowest BCUT2D eigenvalue weighted by atomic mass is 9.95. The monoisotopic (exact) mass is 424 g/mol. The van der Waals surface area contributed by atoms with E-state index >= 15 is 0 Å². The van der Waals surface area contributed by atoms with Crippen molar-refractivity contribution in [1.82, 2.24) is 9.44 Å². The summed E-state index contributed by atoms with van der Waals surface area (Å²) in [5, 5.41) is 0. The van der Waals surface area contributed by atoms with E-state index in [1.165, 1.54) is 7.05 Å². The first-order valence-corrected chi connectivity index (χ1v) is 12.1. The maximum Gasteiger partial charge on any atom is 0.241 e. The molecule has 0 bridgehead atoms. The first-order valence-electron chi connectivity index (χ1n) is 8.96. The fourth-order valence-corrected chi connectivity index (χ4v) is 5.70. The molecule has 0 atom stereocenters. The Hall–Kier alpha value is -1.74. The van der Waals surface area contributed by atoms with E-state index < -0.39 is 20.0 Å². The molecule has 0 aromatic heterocycles. The molecule has 2 aromatic rings. The van der Waals surface area contributed by atoms with E-state index in [1.54, 1.807) is 24.3 Å². The highest BCUT2D eigenvalue weighted by molar-refractivity contribution is 7.89. The number of hydrogen-bond donors (Lipinski definition) is 2. The zero-order valence-corrected chi connectivity index (χ0v) is 18.8. The Labute approximate surface area is 168 Å². The lowest BCUT2D eigenvalue weighted by Gasteiger charge is -2.19. The van der Waals surface area contributed by atoms with Gasteiger partial charge in [-0.05, 0) is 80.6 Å². The summed E-state index contributed by atoms with van der Waals surface area (Å²) in [6.07, 6.45) is 0. The largest absolute Gasteiger partial charge is 0.241 e. The smallest absolute Gasteiger partial charge is 0.218 e. The van der Waals surface area contributed by atoms with Crippen LogP contribution in [-0.4, -0.2) is 23.9 Å². The summed E-state index contributed by atoms with van der Waals surface area (Å²) in [5.41, 5.74) is 5.67. The SMILES string of the molecule is CNS(=O)(=O)Cc1ccccc1CNS(=O)(=O)c1c(C)c(C)c(C)c(C)c1C. The van der Waals surface area contributed by atoms with E-state index in [1.807, 2.05) is 34.6 Å². The molecular weight excluding hydrogens is 396 g/mol. The van der Waals surface area contributed by atoms with Crippen LogP contribution in [0.25, 0.3) is 0 Å². The summed E-state index contributed by atoms with van der Waals surface area (Å²) in [7, 11) is -5.86. The lowest BCUT2D eigenvalue weighted by molar-refractivity contribution is 0.579. The molecule has 0 aliphatic carbocycles. The molecule has 0 amide bonds. The number of hydrogen-bond acceptors (Lipinski definition) is 4. The van der Waals surface area contributed by atoms with E-state index in [0.717, 1.165) is 27.8 Å². The summed E-state index contributed by atoms with van der Waals surface area (Å²) in [6, 6.07) is 6.92. The lowest BCUT2D eigenvalue weighted by Crippen LogP contribution is -2.27. The third-order valence-corrected chi connectivity index (χ3v) is 8.41. The van der Waals surface area contributed by atoms with Gasteiger partial charge in [0.1, 0.15) is 0 Å². The van der Waals surface area contributed by atoms with Crippen molar-refractivity contribution in [3.05, 3.63) is 63.2 Å². The van der Waals surface area contributed by atoms with Gasteiger partial charge in [0.2, 0.25) is 20.0 Å². The minimum atomic E-state index is -3.76. The second-order valence-electron chi connectivity index (χ2n) is 7.01. The molecule has 28 heavy (non-hydrogen) atoms. The van der Waals surface area contributed by atoms with Crippen LogP contribution in [0.15, 0.2) is 29.2 Å². The van der Waals surface area contributed by atoms with Gasteiger partial charge in [-0.25, -0.2) is 26.3 Å². The van der Waals surface area contributed by atoms with Gasteiger partial charge in [0.25, 0.3) is 0 Å². The van der Waals surface area contributed by atoms with Gasteiger partial charge in [-0.2, -0.15) is 0 Å². The summed E-state index contributed by atoms with van der Waals surface area (Å²) in [6.45, 7) is 9.49. The van der Waals surface area contributed by atoms with Crippen molar-refractivity contribution in [1.29, 1.82) is 0 Å². The summed E-state index contributed by atoms with van der Waals surface area (Å²) in [4.78, 5) is 0.299. The normalized spacial score (nSPS) is 12.4. The standard InChI is InChI=1S/C20H28N2O4S2/c1-13-14(2)16(4)20(17(5)15(13)3)28(25,26)22-11-18-9-7-8-10-19(18)12-27(23,24)21-6/h7-10,21-22H,11-12H2,1-6H3. The van der Waals surface area contributed by atoms with Crippen LogP contribution in [0.2, 0.25) is 0 Å². The number of benzene rings is 2. The van der Waals surface area contributed by atoms with Gasteiger partial charge in [0, 0.05) is 6.54 Å². The summed E-state index contributed by atoms with van der Waals surface area (Å²) < 4.78 is 54.9. The highest BCUT2D eigenvalue weighted by atomic mass is 32.2. The van der Waals surface area contributed by atoms with Crippen LogP contribution in [0.4, 0.5) is 0 Å². The number of nitrogens with one attached hydrogen (secondary N) is 2. The molecule has 2 aromatic carbocycles. The molecular formula is C20H28N2O4S2. The predicted octanol–water partition coefficient (Wildman–Crippen LogP) is 2.76. The van der Waals surface area contributed by atoms with E-state index in [-0.39, 0.29) is 12.3 Å². The van der Waals surface area contributed by atoms with Crippen molar-refractivity contribution in [2.75, 3.05) is 7.05 Å². The summed E-state index contributed by atoms with van der Waals surface area (Å²) in [5.74, 6) is -0.206. The van der Waals surface area contributed by atoms with Gasteiger partial charge < -0.3 is 0 Å². The van der Waals surface area contributed by atoms with Crippen molar-refractivity contribution in [3.8, 4) is 0 Å². The topological polar surface area (TPSA) is 92.3 Å². The molecule has 0 heterocycles. The third-order valence-electron chi connectivity index (χ3n) is 5.43. The Morgan fingerprint density at radius 2 is 1.21 bits per heavy atom. The number of sulfonamides is 2. The second kappa shape index (κ2) is 8.32. The average Bonchev–Trinajstić information content (AvgIpc) is 2.64. The zero-order valence-electron chi connectivity index (χ0n) is 17.2. The van der Waals surface area contributed by atoms with Gasteiger partial charge in [0.15, 0.2) is 0 Å². The Kier molecular flexibility index (Phi) is 6.70. The van der Waals surface area contributed by atoms with Crippen molar-refractivity contribution in [2.24, 2.45) is 0 Å². The Morgan fingerprint density at radius 1 is 0.750 bits per heavy atom. The van der Waals surface area contributed by atoms with E-state index in [0.29, 0.717) is 16.0 Å². The molecule has 2 rings (SSSR count). The van der Waals surface area contributed by atoms with Gasteiger partial charge in [0.05, 0.1) is 10.6 Å². The maximum atomic E-state index is 13.1. The molecule has 0 saturated heterocycles. The predicted molar refractivity (Wildman–Crippen MR) is 112 cm³/mol. The van der Waals surface area contributed by atoms with Crippen LogP contribution < -0.4 is 9.44 Å². The van der Waals surface area contributed by atoms with Crippen LogP contribution in [-0.2, 0) is 32.3 Å². The van der Waals surface area contributed by atoms with E-state index in [2.05, 4.69) is 9.44 Å². The average molecular weight is 425 g/mol. The minimum Gasteiger partial charge on any atom is -0.218 e. The highest BCUT2D eigenvalue weighted by Crippen LogP contribution is 2.29. The van der Waals surface area contributed by atoms with Crippen molar-refractivity contribution >= 4 is 20.0 Å². The first kappa shape index (κ1) is 22.5. The fraction of sp³-hybridized carbons (Fsp3) is 0.400. The van der Waals surface area contributed by atoms with Gasteiger partial charge in [-0.1, -0.05) is 24.3 Å². The van der Waals surface area contributed by atoms with Crippen LogP contribution in [0.1, 0.15) is 38.9 Å². The van der Waals surface area contributed by atoms with Crippen molar-refractivity contribution < 1.29 is 16.8 Å². The molecule has 8 heteroatoms. The van der Waals surface area contributed by atoms with Crippen LogP contribution in [0, 0.1) is 34.6 Å². The Bertz CT molecular complexity index is 1080. The third kappa shape index (κ3) is 4.63. The molecule has 154 valence electrons. The van der Waals surface area contributed by atoms with Gasteiger partial charge in [-0.3, -0.25) is 0 Å². The van der Waals surface area contributed by atoms with Crippen LogP contribution >= 0.6 is 0 Å². The second-order valence-corrected chi connectivity index (χ2v) is 10.6. The van der Waals surface area contributed by atoms with Gasteiger partial charge in [-0.15, -0.1) is 0 Å². The molecule has 6 nitrogen and oxygen atoms in total. The maximum absolute atomic E-state index is 13.1. The molecule has 0 fully saturated rings. The van der Waals surface area contributed by atoms with E-state index in [4.69, 9.17) is 0 Å². The minimum absolute atomic E-state index is 0.0165. The quantitative estimate of drug-likeness (QED) is 0.715. The van der Waals surface area contributed by atoms with Crippen LogP contribution in [0.3, 0.4) is 0 Å². The number of rotatable bonds is 7. The van der Waals surface area contributed by atoms with Crippen molar-refractivity contribution in [2.45, 2.75) is 51.8 Å².